The Balaban J connectivity index is 0.00000109. The number of nitrogen functional groups attached to an aromatic ring is 2. The highest BCUT2D eigenvalue weighted by molar-refractivity contribution is 5.93. The summed E-state index contributed by atoms with van der Waals surface area (Å²) in [5.41, 5.74) is 15.6. The average molecular weight is 334 g/mol. The van der Waals surface area contributed by atoms with E-state index in [1.165, 1.54) is 5.56 Å². The first-order valence-corrected chi connectivity index (χ1v) is 8.05. The van der Waals surface area contributed by atoms with Crippen LogP contribution >= 0.6 is 0 Å². The van der Waals surface area contributed by atoms with Crippen LogP contribution in [0.3, 0.4) is 0 Å². The molecule has 3 aromatic rings. The second kappa shape index (κ2) is 8.01. The van der Waals surface area contributed by atoms with Gasteiger partial charge in [0.25, 0.3) is 0 Å². The van der Waals surface area contributed by atoms with Gasteiger partial charge in [-0.25, -0.2) is 15.0 Å². The molecule has 0 radical (unpaired) electrons. The number of aryl methyl sites for hydroxylation is 1. The molecule has 5 N–H and O–H groups in total. The van der Waals surface area contributed by atoms with Crippen LogP contribution in [0.2, 0.25) is 0 Å². The zero-order valence-corrected chi connectivity index (χ0v) is 14.6. The number of pyridine rings is 1. The average Bonchev–Trinajstić information content (AvgIpc) is 2.64. The van der Waals surface area contributed by atoms with Crippen molar-refractivity contribution in [1.82, 2.24) is 15.0 Å². The van der Waals surface area contributed by atoms with Gasteiger partial charge in [0, 0.05) is 18.0 Å². The van der Waals surface area contributed by atoms with Crippen molar-refractivity contribution in [2.75, 3.05) is 5.73 Å². The SMILES string of the molecule is CC.Cc1ccc(-c2cnc(N)c(-c3nccc(C(=N)N)n3)c2)cc1. The lowest BCUT2D eigenvalue weighted by Gasteiger charge is -2.08. The van der Waals surface area contributed by atoms with Crippen molar-refractivity contribution in [3.8, 4) is 22.5 Å². The van der Waals surface area contributed by atoms with Gasteiger partial charge in [-0.05, 0) is 24.6 Å². The number of amidine groups is 1. The molecule has 1 aromatic carbocycles. The Morgan fingerprint density at radius 3 is 2.32 bits per heavy atom. The predicted octanol–water partition coefficient (Wildman–Crippen LogP) is 3.41. The molecule has 0 amide bonds. The molecular formula is C19H22N6. The first-order valence-electron chi connectivity index (χ1n) is 8.05. The third kappa shape index (κ3) is 4.17. The predicted molar refractivity (Wildman–Crippen MR) is 102 cm³/mol. The molecule has 6 heteroatoms. The number of hydrogen-bond donors (Lipinski definition) is 3. The van der Waals surface area contributed by atoms with E-state index in [9.17, 15) is 0 Å². The smallest absolute Gasteiger partial charge is 0.163 e. The fraction of sp³-hybridized carbons (Fsp3) is 0.158. The Bertz CT molecular complexity index is 871. The lowest BCUT2D eigenvalue weighted by molar-refractivity contribution is 1.14. The number of nitrogens with two attached hydrogens (primary N) is 2. The molecule has 0 aliphatic carbocycles. The molecule has 25 heavy (non-hydrogen) atoms. The van der Waals surface area contributed by atoms with Crippen LogP contribution in [0, 0.1) is 12.3 Å². The molecule has 0 bridgehead atoms. The van der Waals surface area contributed by atoms with Gasteiger partial charge in [0.1, 0.15) is 17.3 Å². The van der Waals surface area contributed by atoms with Crippen molar-refractivity contribution in [3.63, 3.8) is 0 Å². The zero-order chi connectivity index (χ0) is 18.4. The summed E-state index contributed by atoms with van der Waals surface area (Å²) in [5, 5.41) is 7.49. The second-order valence-corrected chi connectivity index (χ2v) is 5.20. The van der Waals surface area contributed by atoms with Gasteiger partial charge in [-0.3, -0.25) is 5.41 Å². The Hall–Kier alpha value is -3.28. The van der Waals surface area contributed by atoms with E-state index in [1.807, 2.05) is 51.1 Å². The van der Waals surface area contributed by atoms with Crippen LogP contribution in [0.4, 0.5) is 5.82 Å². The van der Waals surface area contributed by atoms with E-state index in [1.54, 1.807) is 18.5 Å². The first kappa shape index (κ1) is 18.1. The van der Waals surface area contributed by atoms with Crippen LogP contribution in [0.1, 0.15) is 25.1 Å². The van der Waals surface area contributed by atoms with Crippen molar-refractivity contribution < 1.29 is 0 Å². The fourth-order valence-corrected chi connectivity index (χ4v) is 2.20. The maximum atomic E-state index is 7.49. The number of hydrogen-bond acceptors (Lipinski definition) is 5. The van der Waals surface area contributed by atoms with Crippen LogP contribution in [0.15, 0.2) is 48.8 Å². The zero-order valence-electron chi connectivity index (χ0n) is 14.6. The van der Waals surface area contributed by atoms with E-state index in [0.717, 1.165) is 11.1 Å². The molecule has 0 saturated heterocycles. The van der Waals surface area contributed by atoms with Crippen LogP contribution in [-0.4, -0.2) is 20.8 Å². The summed E-state index contributed by atoms with van der Waals surface area (Å²) in [6, 6.07) is 11.6. The third-order valence-corrected chi connectivity index (χ3v) is 3.48. The van der Waals surface area contributed by atoms with Crippen LogP contribution in [0.5, 0.6) is 0 Å². The molecule has 0 fully saturated rings. The van der Waals surface area contributed by atoms with Crippen molar-refractivity contribution in [2.45, 2.75) is 20.8 Å². The molecule has 0 spiro atoms. The molecule has 0 atom stereocenters. The topological polar surface area (TPSA) is 115 Å². The minimum Gasteiger partial charge on any atom is -0.383 e. The van der Waals surface area contributed by atoms with E-state index in [4.69, 9.17) is 16.9 Å². The molecule has 2 heterocycles. The van der Waals surface area contributed by atoms with Crippen molar-refractivity contribution >= 4 is 11.7 Å². The molecule has 3 rings (SSSR count). The van der Waals surface area contributed by atoms with E-state index < -0.39 is 0 Å². The van der Waals surface area contributed by atoms with Gasteiger partial charge >= 0.3 is 0 Å². The number of aromatic nitrogens is 3. The summed E-state index contributed by atoms with van der Waals surface area (Å²) in [7, 11) is 0. The van der Waals surface area contributed by atoms with Gasteiger partial charge in [0.05, 0.1) is 5.56 Å². The minimum absolute atomic E-state index is 0.116. The summed E-state index contributed by atoms with van der Waals surface area (Å²) in [6.45, 7) is 6.04. The number of benzene rings is 1. The Kier molecular flexibility index (Phi) is 5.79. The number of nitrogens with zero attached hydrogens (tertiary/aromatic N) is 3. The Morgan fingerprint density at radius 2 is 1.68 bits per heavy atom. The Labute approximate surface area is 147 Å². The summed E-state index contributed by atoms with van der Waals surface area (Å²) in [4.78, 5) is 12.7. The van der Waals surface area contributed by atoms with E-state index in [0.29, 0.717) is 22.9 Å². The monoisotopic (exact) mass is 334 g/mol. The lowest BCUT2D eigenvalue weighted by Crippen LogP contribution is -2.14. The highest BCUT2D eigenvalue weighted by Gasteiger charge is 2.11. The van der Waals surface area contributed by atoms with Gasteiger partial charge in [0.15, 0.2) is 5.82 Å². The highest BCUT2D eigenvalue weighted by Crippen LogP contribution is 2.27. The van der Waals surface area contributed by atoms with Gasteiger partial charge in [0.2, 0.25) is 0 Å². The molecule has 128 valence electrons. The normalized spacial score (nSPS) is 9.88. The third-order valence-electron chi connectivity index (χ3n) is 3.48. The maximum absolute atomic E-state index is 7.49. The molecule has 0 unspecified atom stereocenters. The van der Waals surface area contributed by atoms with Gasteiger partial charge in [-0.15, -0.1) is 0 Å². The van der Waals surface area contributed by atoms with E-state index in [-0.39, 0.29) is 5.84 Å². The highest BCUT2D eigenvalue weighted by atomic mass is 14.9. The fourth-order valence-electron chi connectivity index (χ4n) is 2.20. The largest absolute Gasteiger partial charge is 0.383 e. The van der Waals surface area contributed by atoms with E-state index in [2.05, 4.69) is 15.0 Å². The summed E-state index contributed by atoms with van der Waals surface area (Å²) < 4.78 is 0. The van der Waals surface area contributed by atoms with Crippen molar-refractivity contribution in [3.05, 3.63) is 60.0 Å². The van der Waals surface area contributed by atoms with E-state index >= 15 is 0 Å². The number of nitrogens with one attached hydrogen (secondary N) is 1. The standard InChI is InChI=1S/C17H16N6.C2H6/c1-10-2-4-11(5-3-10)12-8-13(16(20)22-9-12)17-21-7-6-14(23-17)15(18)19;1-2/h2-9H,1H3,(H3,18,19)(H2,20,22);1-2H3. The number of anilines is 1. The minimum atomic E-state index is -0.116. The molecule has 6 nitrogen and oxygen atoms in total. The summed E-state index contributed by atoms with van der Waals surface area (Å²) in [6.07, 6.45) is 3.27. The summed E-state index contributed by atoms with van der Waals surface area (Å²) >= 11 is 0. The number of rotatable bonds is 3. The lowest BCUT2D eigenvalue weighted by atomic mass is 10.0. The van der Waals surface area contributed by atoms with Crippen LogP contribution in [0.25, 0.3) is 22.5 Å². The van der Waals surface area contributed by atoms with Crippen LogP contribution < -0.4 is 11.5 Å². The van der Waals surface area contributed by atoms with Gasteiger partial charge < -0.3 is 11.5 Å². The molecule has 0 aliphatic rings. The maximum Gasteiger partial charge on any atom is 0.163 e. The Morgan fingerprint density at radius 1 is 1.00 bits per heavy atom. The van der Waals surface area contributed by atoms with Crippen molar-refractivity contribution in [2.24, 2.45) is 5.73 Å². The second-order valence-electron chi connectivity index (χ2n) is 5.20. The quantitative estimate of drug-likeness (QED) is 0.501. The molecule has 0 aliphatic heterocycles. The van der Waals surface area contributed by atoms with Gasteiger partial charge in [-0.2, -0.15) is 0 Å². The van der Waals surface area contributed by atoms with Crippen LogP contribution in [-0.2, 0) is 0 Å². The molecular weight excluding hydrogens is 312 g/mol. The summed E-state index contributed by atoms with van der Waals surface area (Å²) in [5.74, 6) is 0.619. The van der Waals surface area contributed by atoms with Crippen molar-refractivity contribution in [1.29, 1.82) is 5.41 Å². The molecule has 0 saturated carbocycles. The first-order chi connectivity index (χ1) is 12.0. The van der Waals surface area contributed by atoms with Gasteiger partial charge in [-0.1, -0.05) is 43.7 Å². The molecule has 2 aromatic heterocycles.